The second-order valence-corrected chi connectivity index (χ2v) is 10.2. The Hall–Kier alpha value is -4.53. The number of para-hydroxylation sites is 1. The van der Waals surface area contributed by atoms with Crippen molar-refractivity contribution in [3.8, 4) is 16.9 Å². The zero-order chi connectivity index (χ0) is 28.2. The predicted molar refractivity (Wildman–Crippen MR) is 156 cm³/mol. The number of amides is 1. The van der Waals surface area contributed by atoms with Gasteiger partial charge in [-0.05, 0) is 18.6 Å². The molecule has 1 unspecified atom stereocenters. The van der Waals surface area contributed by atoms with Crippen molar-refractivity contribution >= 4 is 17.4 Å². The van der Waals surface area contributed by atoms with Crippen molar-refractivity contribution in [2.75, 3.05) is 39.4 Å². The van der Waals surface area contributed by atoms with E-state index in [1.165, 1.54) is 0 Å². The molecule has 8 nitrogen and oxygen atoms in total. The third-order valence-corrected chi connectivity index (χ3v) is 7.67. The minimum Gasteiger partial charge on any atom is -0.507 e. The molecular formula is C33H32N4O4. The highest BCUT2D eigenvalue weighted by atomic mass is 16.5. The highest BCUT2D eigenvalue weighted by Gasteiger charge is 2.47. The number of likely N-dealkylation sites (tertiary alicyclic amines) is 1. The molecule has 2 fully saturated rings. The Morgan fingerprint density at radius 3 is 2.17 bits per heavy atom. The molecule has 208 valence electrons. The van der Waals surface area contributed by atoms with Gasteiger partial charge in [-0.1, -0.05) is 78.9 Å². The Labute approximate surface area is 239 Å². The number of carbonyl (C=O) groups is 2. The van der Waals surface area contributed by atoms with Crippen LogP contribution >= 0.6 is 0 Å². The maximum absolute atomic E-state index is 13.6. The fourth-order valence-corrected chi connectivity index (χ4v) is 5.60. The summed E-state index contributed by atoms with van der Waals surface area (Å²) in [6, 6.07) is 27.6. The summed E-state index contributed by atoms with van der Waals surface area (Å²) < 4.78 is 7.24. The molecule has 4 aromatic rings. The summed E-state index contributed by atoms with van der Waals surface area (Å²) in [6.07, 6.45) is 2.56. The van der Waals surface area contributed by atoms with Gasteiger partial charge in [-0.25, -0.2) is 4.68 Å². The smallest absolute Gasteiger partial charge is 0.295 e. The van der Waals surface area contributed by atoms with Crippen molar-refractivity contribution < 1.29 is 19.4 Å². The van der Waals surface area contributed by atoms with Crippen LogP contribution in [0.15, 0.2) is 103 Å². The molecule has 2 aliphatic rings. The lowest BCUT2D eigenvalue weighted by Crippen LogP contribution is -2.39. The van der Waals surface area contributed by atoms with Crippen molar-refractivity contribution in [1.29, 1.82) is 0 Å². The molecule has 0 saturated carbocycles. The van der Waals surface area contributed by atoms with Crippen LogP contribution in [-0.2, 0) is 14.3 Å². The monoisotopic (exact) mass is 548 g/mol. The number of ether oxygens (including phenoxy) is 1. The second-order valence-electron chi connectivity index (χ2n) is 10.2. The van der Waals surface area contributed by atoms with Crippen molar-refractivity contribution in [2.24, 2.45) is 0 Å². The first kappa shape index (κ1) is 26.7. The molecule has 0 aliphatic carbocycles. The highest BCUT2D eigenvalue weighted by Crippen LogP contribution is 2.43. The molecule has 1 aromatic heterocycles. The largest absolute Gasteiger partial charge is 0.507 e. The molecule has 1 amide bonds. The average Bonchev–Trinajstić information content (AvgIpc) is 3.58. The summed E-state index contributed by atoms with van der Waals surface area (Å²) in [4.78, 5) is 31.2. The first-order chi connectivity index (χ1) is 20.1. The third kappa shape index (κ3) is 5.44. The van der Waals surface area contributed by atoms with Gasteiger partial charge in [0.05, 0.1) is 36.2 Å². The number of rotatable bonds is 8. The van der Waals surface area contributed by atoms with E-state index in [0.29, 0.717) is 43.0 Å². The molecular weight excluding hydrogens is 516 g/mol. The van der Waals surface area contributed by atoms with Crippen LogP contribution in [0.3, 0.4) is 0 Å². The van der Waals surface area contributed by atoms with Gasteiger partial charge in [0, 0.05) is 49.1 Å². The lowest BCUT2D eigenvalue weighted by Gasteiger charge is -2.29. The van der Waals surface area contributed by atoms with Gasteiger partial charge < -0.3 is 14.7 Å². The summed E-state index contributed by atoms with van der Waals surface area (Å²) in [7, 11) is 0. The number of aromatic nitrogens is 2. The maximum atomic E-state index is 13.6. The van der Waals surface area contributed by atoms with Gasteiger partial charge in [0.1, 0.15) is 5.76 Å². The van der Waals surface area contributed by atoms with E-state index in [0.717, 1.165) is 30.9 Å². The summed E-state index contributed by atoms with van der Waals surface area (Å²) in [6.45, 7) is 4.23. The van der Waals surface area contributed by atoms with Crippen molar-refractivity contribution in [3.63, 3.8) is 0 Å². The number of benzene rings is 3. The number of nitrogens with zero attached hydrogens (tertiary/aromatic N) is 4. The van der Waals surface area contributed by atoms with Crippen LogP contribution in [0, 0.1) is 0 Å². The first-order valence-corrected chi connectivity index (χ1v) is 14.0. The van der Waals surface area contributed by atoms with Gasteiger partial charge in [0.15, 0.2) is 0 Å². The summed E-state index contributed by atoms with van der Waals surface area (Å²) >= 11 is 0. The van der Waals surface area contributed by atoms with E-state index >= 15 is 0 Å². The van der Waals surface area contributed by atoms with Crippen LogP contribution in [0.2, 0.25) is 0 Å². The van der Waals surface area contributed by atoms with Crippen LogP contribution in [-0.4, -0.2) is 75.8 Å². The number of aliphatic hydroxyl groups excluding tert-OH is 1. The number of ketones is 1. The fraction of sp³-hybridized carbons (Fsp3) is 0.242. The molecule has 41 heavy (non-hydrogen) atoms. The van der Waals surface area contributed by atoms with E-state index in [9.17, 15) is 14.7 Å². The van der Waals surface area contributed by atoms with Crippen molar-refractivity contribution in [2.45, 2.75) is 12.5 Å². The Balaban J connectivity index is 1.47. The minimum absolute atomic E-state index is 0.0809. The number of hydrogen-bond acceptors (Lipinski definition) is 6. The SMILES string of the molecule is O=C1C(=O)N(CCCN2CCOCC2)C(c2cn(-c3ccccc3)nc2-c2ccccc2)/C1=C(\O)c1ccccc1. The molecule has 2 aliphatic heterocycles. The Bertz CT molecular complexity index is 1540. The third-order valence-electron chi connectivity index (χ3n) is 7.67. The van der Waals surface area contributed by atoms with Gasteiger partial charge in [-0.2, -0.15) is 5.10 Å². The molecule has 3 aromatic carbocycles. The summed E-state index contributed by atoms with van der Waals surface area (Å²) in [5.74, 6) is -1.48. The molecule has 8 heteroatoms. The van der Waals surface area contributed by atoms with E-state index in [1.54, 1.807) is 33.8 Å². The Morgan fingerprint density at radius 1 is 0.854 bits per heavy atom. The standard InChI is InChI=1S/C33H32N4O4/c38-31(25-13-6-2-7-14-25)28-30(36(33(40)32(28)39)18-10-17-35-19-21-41-22-20-35)27-23-37(26-15-8-3-9-16-26)34-29(27)24-11-4-1-5-12-24/h1-9,11-16,23,30,38H,10,17-22H2/b31-28+. The number of carbonyl (C=O) groups excluding carboxylic acids is 2. The predicted octanol–water partition coefficient (Wildman–Crippen LogP) is 4.68. The topological polar surface area (TPSA) is 87.9 Å². The first-order valence-electron chi connectivity index (χ1n) is 14.0. The zero-order valence-electron chi connectivity index (χ0n) is 22.7. The van der Waals surface area contributed by atoms with Crippen LogP contribution in [0.25, 0.3) is 22.7 Å². The molecule has 1 N–H and O–H groups in total. The van der Waals surface area contributed by atoms with Crippen molar-refractivity contribution in [1.82, 2.24) is 19.6 Å². The fourth-order valence-electron chi connectivity index (χ4n) is 5.60. The molecule has 6 rings (SSSR count). The number of Topliss-reactive ketones (excluding diaryl/α,β-unsaturated/α-hetero) is 1. The van der Waals surface area contributed by atoms with Gasteiger partial charge in [-0.3, -0.25) is 14.5 Å². The lowest BCUT2D eigenvalue weighted by molar-refractivity contribution is -0.140. The van der Waals surface area contributed by atoms with Crippen LogP contribution in [0.5, 0.6) is 0 Å². The summed E-state index contributed by atoms with van der Waals surface area (Å²) in [5, 5.41) is 16.4. The van der Waals surface area contributed by atoms with E-state index < -0.39 is 17.7 Å². The van der Waals surface area contributed by atoms with Gasteiger partial charge in [0.25, 0.3) is 11.7 Å². The van der Waals surface area contributed by atoms with E-state index in [4.69, 9.17) is 9.84 Å². The minimum atomic E-state index is -0.799. The Kier molecular flexibility index (Phi) is 7.75. The van der Waals surface area contributed by atoms with Crippen molar-refractivity contribution in [3.05, 3.63) is 114 Å². The Morgan fingerprint density at radius 2 is 1.49 bits per heavy atom. The molecule has 1 atom stereocenters. The van der Waals surface area contributed by atoms with Crippen LogP contribution in [0.4, 0.5) is 0 Å². The number of morpholine rings is 1. The number of aliphatic hydroxyl groups is 1. The quantitative estimate of drug-likeness (QED) is 0.195. The molecule has 2 saturated heterocycles. The summed E-state index contributed by atoms with van der Waals surface area (Å²) in [5.41, 5.74) is 3.61. The van der Waals surface area contributed by atoms with Gasteiger partial charge in [0.2, 0.25) is 0 Å². The normalized spacial score (nSPS) is 19.1. The van der Waals surface area contributed by atoms with Crippen LogP contribution < -0.4 is 0 Å². The molecule has 0 bridgehead atoms. The van der Waals surface area contributed by atoms with Gasteiger partial charge in [-0.15, -0.1) is 0 Å². The molecule has 0 spiro atoms. The second kappa shape index (κ2) is 11.9. The van der Waals surface area contributed by atoms with E-state index in [1.807, 2.05) is 72.9 Å². The average molecular weight is 549 g/mol. The van der Waals surface area contributed by atoms with E-state index in [2.05, 4.69) is 4.90 Å². The maximum Gasteiger partial charge on any atom is 0.295 e. The van der Waals surface area contributed by atoms with E-state index in [-0.39, 0.29) is 11.3 Å². The highest BCUT2D eigenvalue weighted by molar-refractivity contribution is 6.46. The molecule has 0 radical (unpaired) electrons. The zero-order valence-corrected chi connectivity index (χ0v) is 22.7. The molecule has 3 heterocycles. The van der Waals surface area contributed by atoms with Crippen LogP contribution in [0.1, 0.15) is 23.6 Å². The van der Waals surface area contributed by atoms with Gasteiger partial charge >= 0.3 is 0 Å². The lowest BCUT2D eigenvalue weighted by atomic mass is 9.93. The number of hydrogen-bond donors (Lipinski definition) is 1.